The van der Waals surface area contributed by atoms with Crippen molar-refractivity contribution in [1.29, 1.82) is 0 Å². The van der Waals surface area contributed by atoms with Gasteiger partial charge in [0.1, 0.15) is 29.6 Å². The molecule has 0 fully saturated rings. The maximum Gasteiger partial charge on any atom is 0.254 e. The van der Waals surface area contributed by atoms with E-state index in [1.54, 1.807) is 6.92 Å². The van der Waals surface area contributed by atoms with Gasteiger partial charge in [0, 0.05) is 31.0 Å². The number of aromatic nitrogens is 4. The molecular formula is C17H15ClF3N5. The molecular weight excluding hydrogens is 367 g/mol. The van der Waals surface area contributed by atoms with Gasteiger partial charge in [-0.15, -0.1) is 11.6 Å². The van der Waals surface area contributed by atoms with Crippen LogP contribution < -0.4 is 5.32 Å². The average molecular weight is 382 g/mol. The quantitative estimate of drug-likeness (QED) is 0.518. The number of hydrogen-bond donors (Lipinski definition) is 1. The van der Waals surface area contributed by atoms with Gasteiger partial charge < -0.3 is 5.32 Å². The summed E-state index contributed by atoms with van der Waals surface area (Å²) in [5.41, 5.74) is 0.842. The number of nitrogens with zero attached hydrogens (tertiary/aromatic N) is 4. The van der Waals surface area contributed by atoms with Crippen molar-refractivity contribution >= 4 is 23.2 Å². The number of rotatable bonds is 6. The molecule has 1 N–H and O–H groups in total. The topological polar surface area (TPSA) is 55.1 Å². The van der Waals surface area contributed by atoms with Crippen LogP contribution in [0.1, 0.15) is 12.6 Å². The molecule has 9 heteroatoms. The molecule has 0 bridgehead atoms. The summed E-state index contributed by atoms with van der Waals surface area (Å²) in [5, 5.41) is 7.12. The lowest BCUT2D eigenvalue weighted by atomic mass is 10.0. The molecule has 3 rings (SSSR count). The molecule has 0 unspecified atom stereocenters. The summed E-state index contributed by atoms with van der Waals surface area (Å²) in [6, 6.07) is 1.24. The van der Waals surface area contributed by atoms with Crippen molar-refractivity contribution in [1.82, 2.24) is 19.6 Å². The molecule has 2 heterocycles. The van der Waals surface area contributed by atoms with Gasteiger partial charge in [-0.3, -0.25) is 0 Å². The molecule has 0 aliphatic carbocycles. The lowest BCUT2D eigenvalue weighted by molar-refractivity contribution is 0.547. The molecule has 0 saturated heterocycles. The van der Waals surface area contributed by atoms with Crippen LogP contribution in [0.25, 0.3) is 16.9 Å². The van der Waals surface area contributed by atoms with Crippen LogP contribution in [-0.4, -0.2) is 32.0 Å². The Hall–Kier alpha value is -2.61. The zero-order valence-corrected chi connectivity index (χ0v) is 14.6. The van der Waals surface area contributed by atoms with Gasteiger partial charge in [-0.05, 0) is 6.92 Å². The molecule has 0 amide bonds. The van der Waals surface area contributed by atoms with Gasteiger partial charge in [-0.2, -0.15) is 14.6 Å². The molecule has 26 heavy (non-hydrogen) atoms. The predicted octanol–water partition coefficient (Wildman–Crippen LogP) is 3.98. The zero-order chi connectivity index (χ0) is 18.8. The fraction of sp³-hybridized carbons (Fsp3) is 0.235. The number of alkyl halides is 1. The van der Waals surface area contributed by atoms with Gasteiger partial charge in [-0.1, -0.05) is 12.2 Å². The third-order valence-corrected chi connectivity index (χ3v) is 3.84. The number of anilines is 1. The highest BCUT2D eigenvalue weighted by atomic mass is 35.5. The van der Waals surface area contributed by atoms with Gasteiger partial charge in [0.2, 0.25) is 0 Å². The normalized spacial score (nSPS) is 11.1. The molecule has 0 spiro atoms. The predicted molar refractivity (Wildman–Crippen MR) is 93.8 cm³/mol. The standard InChI is InChI=1S/C17H15ClF3N5/c1-9(2)7-22-16-15(14-11(20)5-10(19)6-12(14)21)13(3-4-18)25-17-23-8-24-26(16)17/h5-6,8,22H,1,3-4,7H2,2H3. The molecule has 0 saturated carbocycles. The van der Waals surface area contributed by atoms with Crippen LogP contribution in [0.5, 0.6) is 0 Å². The number of aryl methyl sites for hydroxylation is 1. The van der Waals surface area contributed by atoms with E-state index in [0.717, 1.165) is 5.57 Å². The molecule has 5 nitrogen and oxygen atoms in total. The molecule has 0 aliphatic heterocycles. The number of hydrogen-bond acceptors (Lipinski definition) is 4. The Balaban J connectivity index is 2.35. The molecule has 136 valence electrons. The molecule has 3 aromatic rings. The van der Waals surface area contributed by atoms with Crippen molar-refractivity contribution in [3.8, 4) is 11.1 Å². The fourth-order valence-electron chi connectivity index (χ4n) is 2.60. The number of benzene rings is 1. The second-order valence-corrected chi connectivity index (χ2v) is 6.13. The first kappa shape index (κ1) is 18.2. The van der Waals surface area contributed by atoms with E-state index in [1.165, 1.54) is 10.8 Å². The van der Waals surface area contributed by atoms with Crippen LogP contribution in [0, 0.1) is 17.5 Å². The highest BCUT2D eigenvalue weighted by molar-refractivity contribution is 6.18. The summed E-state index contributed by atoms with van der Waals surface area (Å²) in [7, 11) is 0. The number of halogens is 4. The van der Waals surface area contributed by atoms with Crippen molar-refractivity contribution < 1.29 is 13.2 Å². The second-order valence-electron chi connectivity index (χ2n) is 5.75. The van der Waals surface area contributed by atoms with E-state index in [9.17, 15) is 13.2 Å². The lowest BCUT2D eigenvalue weighted by Gasteiger charge is -2.17. The molecule has 0 aliphatic rings. The Labute approximate surface area is 152 Å². The lowest BCUT2D eigenvalue weighted by Crippen LogP contribution is -2.14. The maximum atomic E-state index is 14.5. The minimum Gasteiger partial charge on any atom is -0.366 e. The van der Waals surface area contributed by atoms with Crippen molar-refractivity contribution in [3.05, 3.63) is 53.8 Å². The summed E-state index contributed by atoms with van der Waals surface area (Å²) in [5.74, 6) is -2.39. The summed E-state index contributed by atoms with van der Waals surface area (Å²) in [6.07, 6.45) is 1.51. The van der Waals surface area contributed by atoms with Crippen molar-refractivity contribution in [2.45, 2.75) is 13.3 Å². The van der Waals surface area contributed by atoms with E-state index in [1.807, 2.05) is 0 Å². The monoisotopic (exact) mass is 381 g/mol. The van der Waals surface area contributed by atoms with Crippen molar-refractivity contribution in [2.24, 2.45) is 0 Å². The van der Waals surface area contributed by atoms with Gasteiger partial charge in [0.25, 0.3) is 5.78 Å². The summed E-state index contributed by atoms with van der Waals surface area (Å²) >= 11 is 5.84. The Kier molecular flexibility index (Phi) is 5.13. The summed E-state index contributed by atoms with van der Waals surface area (Å²) in [6.45, 7) is 5.93. The van der Waals surface area contributed by atoms with Crippen LogP contribution >= 0.6 is 11.6 Å². The number of fused-ring (bicyclic) bond motifs is 1. The van der Waals surface area contributed by atoms with E-state index in [0.29, 0.717) is 24.4 Å². The first-order chi connectivity index (χ1) is 12.4. The van der Waals surface area contributed by atoms with Crippen LogP contribution in [0.15, 0.2) is 30.6 Å². The highest BCUT2D eigenvalue weighted by Gasteiger charge is 2.24. The molecule has 2 aromatic heterocycles. The Bertz CT molecular complexity index is 963. The SMILES string of the molecule is C=C(C)CNc1c(-c2c(F)cc(F)cc2F)c(CCCl)nc2ncnn12. The largest absolute Gasteiger partial charge is 0.366 e. The molecule has 0 radical (unpaired) electrons. The van der Waals surface area contributed by atoms with E-state index in [-0.39, 0.29) is 29.5 Å². The molecule has 1 aromatic carbocycles. The smallest absolute Gasteiger partial charge is 0.254 e. The summed E-state index contributed by atoms with van der Waals surface area (Å²) < 4.78 is 43.7. The minimum atomic E-state index is -1.04. The van der Waals surface area contributed by atoms with Crippen LogP contribution in [0.4, 0.5) is 19.0 Å². The van der Waals surface area contributed by atoms with Gasteiger partial charge in [0.15, 0.2) is 0 Å². The van der Waals surface area contributed by atoms with Gasteiger partial charge in [0.05, 0.1) is 16.8 Å². The van der Waals surface area contributed by atoms with E-state index in [4.69, 9.17) is 11.6 Å². The van der Waals surface area contributed by atoms with E-state index >= 15 is 0 Å². The minimum absolute atomic E-state index is 0.125. The van der Waals surface area contributed by atoms with Crippen LogP contribution in [0.2, 0.25) is 0 Å². The third kappa shape index (κ3) is 3.37. The Morgan fingerprint density at radius 1 is 1.23 bits per heavy atom. The van der Waals surface area contributed by atoms with E-state index in [2.05, 4.69) is 27.0 Å². The Morgan fingerprint density at radius 3 is 2.54 bits per heavy atom. The highest BCUT2D eigenvalue weighted by Crippen LogP contribution is 2.35. The van der Waals surface area contributed by atoms with Crippen LogP contribution in [-0.2, 0) is 6.42 Å². The average Bonchev–Trinajstić information content (AvgIpc) is 3.01. The second kappa shape index (κ2) is 7.33. The first-order valence-corrected chi connectivity index (χ1v) is 8.27. The van der Waals surface area contributed by atoms with Crippen LogP contribution in [0.3, 0.4) is 0 Å². The number of nitrogens with one attached hydrogen (secondary N) is 1. The first-order valence-electron chi connectivity index (χ1n) is 7.74. The molecule has 0 atom stereocenters. The Morgan fingerprint density at radius 2 is 1.92 bits per heavy atom. The third-order valence-electron chi connectivity index (χ3n) is 3.65. The van der Waals surface area contributed by atoms with E-state index < -0.39 is 23.0 Å². The summed E-state index contributed by atoms with van der Waals surface area (Å²) in [4.78, 5) is 8.34. The van der Waals surface area contributed by atoms with Crippen molar-refractivity contribution in [2.75, 3.05) is 17.7 Å². The maximum absolute atomic E-state index is 14.5. The fourth-order valence-corrected chi connectivity index (χ4v) is 2.78. The van der Waals surface area contributed by atoms with Gasteiger partial charge in [-0.25, -0.2) is 18.2 Å². The van der Waals surface area contributed by atoms with Gasteiger partial charge >= 0.3 is 0 Å². The zero-order valence-electron chi connectivity index (χ0n) is 13.9. The van der Waals surface area contributed by atoms with Crippen molar-refractivity contribution in [3.63, 3.8) is 0 Å².